The Hall–Kier alpha value is -3.35. The van der Waals surface area contributed by atoms with Gasteiger partial charge in [-0.25, -0.2) is 18.7 Å². The fourth-order valence-corrected chi connectivity index (χ4v) is 2.34. The van der Waals surface area contributed by atoms with Gasteiger partial charge in [-0.05, 0) is 43.7 Å². The van der Waals surface area contributed by atoms with Crippen LogP contribution in [-0.4, -0.2) is 15.9 Å². The average molecular weight is 354 g/mol. The number of hydrogen-bond acceptors (Lipinski definition) is 4. The molecule has 0 bridgehead atoms. The van der Waals surface area contributed by atoms with E-state index in [0.717, 1.165) is 23.4 Å². The van der Waals surface area contributed by atoms with E-state index in [-0.39, 0.29) is 17.3 Å². The van der Waals surface area contributed by atoms with Crippen molar-refractivity contribution in [2.24, 2.45) is 0 Å². The molecule has 0 saturated carbocycles. The van der Waals surface area contributed by atoms with Crippen molar-refractivity contribution in [1.82, 2.24) is 9.97 Å². The molecule has 5 nitrogen and oxygen atoms in total. The Bertz CT molecular complexity index is 976. The van der Waals surface area contributed by atoms with E-state index in [0.29, 0.717) is 5.69 Å². The smallest absolute Gasteiger partial charge is 0.274 e. The Balaban J connectivity index is 1.83. The van der Waals surface area contributed by atoms with Crippen LogP contribution in [0.1, 0.15) is 21.7 Å². The monoisotopic (exact) mass is 354 g/mol. The normalized spacial score (nSPS) is 10.5. The summed E-state index contributed by atoms with van der Waals surface area (Å²) >= 11 is 0. The molecule has 0 aliphatic carbocycles. The predicted octanol–water partition coefficient (Wildman–Crippen LogP) is 4.37. The highest BCUT2D eigenvalue weighted by molar-refractivity contribution is 6.03. The highest BCUT2D eigenvalue weighted by Crippen LogP contribution is 2.19. The fourth-order valence-electron chi connectivity index (χ4n) is 2.34. The summed E-state index contributed by atoms with van der Waals surface area (Å²) in [5, 5.41) is 5.57. The number of rotatable bonds is 4. The van der Waals surface area contributed by atoms with E-state index < -0.39 is 17.5 Å². The van der Waals surface area contributed by atoms with Crippen LogP contribution in [0.25, 0.3) is 0 Å². The van der Waals surface area contributed by atoms with Gasteiger partial charge < -0.3 is 10.6 Å². The molecule has 3 rings (SSSR count). The summed E-state index contributed by atoms with van der Waals surface area (Å²) in [4.78, 5) is 20.9. The summed E-state index contributed by atoms with van der Waals surface area (Å²) in [5.41, 5.74) is 2.67. The van der Waals surface area contributed by atoms with Crippen LogP contribution in [0.2, 0.25) is 0 Å². The Morgan fingerprint density at radius 3 is 2.46 bits per heavy atom. The minimum atomic E-state index is -1.04. The first-order chi connectivity index (χ1) is 12.4. The third-order valence-electron chi connectivity index (χ3n) is 3.66. The number of anilines is 3. The van der Waals surface area contributed by atoms with Crippen LogP contribution >= 0.6 is 0 Å². The lowest BCUT2D eigenvalue weighted by molar-refractivity contribution is 0.102. The number of carbonyl (C=O) groups is 1. The minimum Gasteiger partial charge on any atom is -0.324 e. The summed E-state index contributed by atoms with van der Waals surface area (Å²) in [6.45, 7) is 3.67. The first kappa shape index (κ1) is 17.5. The first-order valence-electron chi connectivity index (χ1n) is 7.87. The standard InChI is InChI=1S/C19H16F2N4O/c1-11-5-3-4-6-16(11)24-19-22-12(2)9-17(25-19)18(26)23-13-7-8-14(20)15(21)10-13/h3-10H,1-2H3,(H,23,26)(H,22,24,25). The fraction of sp³-hybridized carbons (Fsp3) is 0.105. The van der Waals surface area contributed by atoms with E-state index in [4.69, 9.17) is 0 Å². The van der Waals surface area contributed by atoms with Gasteiger partial charge in [0.2, 0.25) is 5.95 Å². The topological polar surface area (TPSA) is 66.9 Å². The number of nitrogens with zero attached hydrogens (tertiary/aromatic N) is 2. The second-order valence-electron chi connectivity index (χ2n) is 5.74. The van der Waals surface area contributed by atoms with E-state index in [1.165, 1.54) is 12.1 Å². The van der Waals surface area contributed by atoms with Gasteiger partial charge in [0.1, 0.15) is 5.69 Å². The maximum atomic E-state index is 13.3. The van der Waals surface area contributed by atoms with Gasteiger partial charge in [-0.2, -0.15) is 0 Å². The van der Waals surface area contributed by atoms with Gasteiger partial charge in [0.05, 0.1) is 0 Å². The van der Waals surface area contributed by atoms with E-state index in [9.17, 15) is 13.6 Å². The predicted molar refractivity (Wildman–Crippen MR) is 95.5 cm³/mol. The van der Waals surface area contributed by atoms with E-state index >= 15 is 0 Å². The van der Waals surface area contributed by atoms with Gasteiger partial charge in [0, 0.05) is 23.1 Å². The zero-order valence-corrected chi connectivity index (χ0v) is 14.2. The van der Waals surface area contributed by atoms with E-state index in [1.54, 1.807) is 6.92 Å². The quantitative estimate of drug-likeness (QED) is 0.730. The SMILES string of the molecule is Cc1cc(C(=O)Nc2ccc(F)c(F)c2)nc(Nc2ccccc2C)n1. The van der Waals surface area contributed by atoms with Gasteiger partial charge in [0.25, 0.3) is 5.91 Å². The number of halogens is 2. The minimum absolute atomic E-state index is 0.110. The van der Waals surface area contributed by atoms with Crippen molar-refractivity contribution in [3.05, 3.63) is 77.1 Å². The Labute approximate surface area is 149 Å². The van der Waals surface area contributed by atoms with Gasteiger partial charge in [-0.15, -0.1) is 0 Å². The molecule has 1 aromatic heterocycles. The molecule has 26 heavy (non-hydrogen) atoms. The van der Waals surface area contributed by atoms with Crippen molar-refractivity contribution in [3.63, 3.8) is 0 Å². The summed E-state index contributed by atoms with van der Waals surface area (Å²) < 4.78 is 26.3. The molecule has 3 aromatic rings. The van der Waals surface area contributed by atoms with E-state index in [2.05, 4.69) is 20.6 Å². The molecule has 1 heterocycles. The van der Waals surface area contributed by atoms with Crippen LogP contribution in [0, 0.1) is 25.5 Å². The molecule has 0 aliphatic heterocycles. The maximum Gasteiger partial charge on any atom is 0.274 e. The van der Waals surface area contributed by atoms with Gasteiger partial charge in [-0.3, -0.25) is 4.79 Å². The molecule has 132 valence electrons. The highest BCUT2D eigenvalue weighted by atomic mass is 19.2. The summed E-state index contributed by atoms with van der Waals surface area (Å²) in [6.07, 6.45) is 0. The van der Waals surface area contributed by atoms with Crippen molar-refractivity contribution in [2.75, 3.05) is 10.6 Å². The van der Waals surface area contributed by atoms with E-state index in [1.807, 2.05) is 31.2 Å². The Morgan fingerprint density at radius 2 is 1.73 bits per heavy atom. The molecular formula is C19H16F2N4O. The molecule has 1 amide bonds. The zero-order valence-electron chi connectivity index (χ0n) is 14.2. The molecule has 2 aromatic carbocycles. The van der Waals surface area contributed by atoms with Crippen LogP contribution in [0.5, 0.6) is 0 Å². The largest absolute Gasteiger partial charge is 0.324 e. The van der Waals surface area contributed by atoms with Crippen LogP contribution in [-0.2, 0) is 0 Å². The number of benzene rings is 2. The third-order valence-corrected chi connectivity index (χ3v) is 3.66. The summed E-state index contributed by atoms with van der Waals surface area (Å²) in [5.74, 6) is -2.29. The van der Waals surface area contributed by atoms with Gasteiger partial charge >= 0.3 is 0 Å². The lowest BCUT2D eigenvalue weighted by atomic mass is 10.2. The highest BCUT2D eigenvalue weighted by Gasteiger charge is 2.13. The molecule has 0 saturated heterocycles. The van der Waals surface area contributed by atoms with Crippen molar-refractivity contribution in [2.45, 2.75) is 13.8 Å². The third kappa shape index (κ3) is 4.00. The summed E-state index contributed by atoms with van der Waals surface area (Å²) in [7, 11) is 0. The number of carbonyl (C=O) groups excluding carboxylic acids is 1. The zero-order chi connectivity index (χ0) is 18.7. The van der Waals surface area contributed by atoms with Crippen LogP contribution in [0.4, 0.5) is 26.1 Å². The molecule has 0 radical (unpaired) electrons. The maximum absolute atomic E-state index is 13.3. The molecular weight excluding hydrogens is 338 g/mol. The van der Waals surface area contributed by atoms with Crippen LogP contribution in [0.3, 0.4) is 0 Å². The lowest BCUT2D eigenvalue weighted by Gasteiger charge is -2.10. The number of amides is 1. The molecule has 0 spiro atoms. The molecule has 0 atom stereocenters. The second kappa shape index (κ2) is 7.26. The average Bonchev–Trinajstić information content (AvgIpc) is 2.60. The number of hydrogen-bond donors (Lipinski definition) is 2. The molecule has 0 unspecified atom stereocenters. The number of para-hydroxylation sites is 1. The molecule has 7 heteroatoms. The van der Waals surface area contributed by atoms with Crippen molar-refractivity contribution in [3.8, 4) is 0 Å². The van der Waals surface area contributed by atoms with Crippen molar-refractivity contribution >= 4 is 23.2 Å². The summed E-state index contributed by atoms with van der Waals surface area (Å²) in [6, 6.07) is 12.3. The van der Waals surface area contributed by atoms with Gasteiger partial charge in [-0.1, -0.05) is 18.2 Å². The number of aryl methyl sites for hydroxylation is 2. The van der Waals surface area contributed by atoms with Crippen LogP contribution < -0.4 is 10.6 Å². The first-order valence-corrected chi connectivity index (χ1v) is 7.87. The number of aromatic nitrogens is 2. The van der Waals surface area contributed by atoms with Crippen LogP contribution in [0.15, 0.2) is 48.5 Å². The molecule has 0 aliphatic rings. The lowest BCUT2D eigenvalue weighted by Crippen LogP contribution is -2.15. The van der Waals surface area contributed by atoms with Gasteiger partial charge in [0.15, 0.2) is 11.6 Å². The molecule has 2 N–H and O–H groups in total. The van der Waals surface area contributed by atoms with Crippen molar-refractivity contribution < 1.29 is 13.6 Å². The number of nitrogens with one attached hydrogen (secondary N) is 2. The Kier molecular flexibility index (Phi) is 4.88. The second-order valence-corrected chi connectivity index (χ2v) is 5.74. The Morgan fingerprint density at radius 1 is 0.962 bits per heavy atom. The molecule has 0 fully saturated rings. The van der Waals surface area contributed by atoms with Crippen molar-refractivity contribution in [1.29, 1.82) is 0 Å².